The Morgan fingerprint density at radius 2 is 1.89 bits per heavy atom. The molecule has 0 spiro atoms. The summed E-state index contributed by atoms with van der Waals surface area (Å²) in [5.41, 5.74) is 4.31. The highest BCUT2D eigenvalue weighted by Gasteiger charge is 2.32. The zero-order valence-corrected chi connectivity index (χ0v) is 10.7. The van der Waals surface area contributed by atoms with E-state index in [0.29, 0.717) is 0 Å². The van der Waals surface area contributed by atoms with Crippen LogP contribution in [-0.4, -0.2) is 28.2 Å². The van der Waals surface area contributed by atoms with Crippen molar-refractivity contribution >= 4 is 17.1 Å². The molecule has 3 heterocycles. The van der Waals surface area contributed by atoms with E-state index in [1.165, 1.54) is 0 Å². The standard InChI is InChI=1S/C13H15N5/c1-9-12(6-15-8-16-9)18-10(2)17(3)13-7-14-5-4-11(13)18/h4-8,10H,1-3H3. The van der Waals surface area contributed by atoms with E-state index in [1.54, 1.807) is 6.33 Å². The summed E-state index contributed by atoms with van der Waals surface area (Å²) in [4.78, 5) is 17.0. The number of hydrogen-bond donors (Lipinski definition) is 0. The van der Waals surface area contributed by atoms with Gasteiger partial charge in [-0.05, 0) is 19.9 Å². The third-order valence-corrected chi connectivity index (χ3v) is 3.50. The minimum Gasteiger partial charge on any atom is -0.351 e. The first-order valence-electron chi connectivity index (χ1n) is 5.93. The number of anilines is 3. The molecule has 1 unspecified atom stereocenters. The van der Waals surface area contributed by atoms with Crippen LogP contribution in [0.15, 0.2) is 31.0 Å². The summed E-state index contributed by atoms with van der Waals surface area (Å²) < 4.78 is 0. The SMILES string of the molecule is Cc1ncncc1N1c2ccncc2N(C)C1C. The van der Waals surface area contributed by atoms with Gasteiger partial charge >= 0.3 is 0 Å². The van der Waals surface area contributed by atoms with Gasteiger partial charge in [-0.1, -0.05) is 0 Å². The number of pyridine rings is 1. The zero-order chi connectivity index (χ0) is 12.7. The minimum atomic E-state index is 0.230. The van der Waals surface area contributed by atoms with Crippen molar-refractivity contribution in [2.24, 2.45) is 0 Å². The van der Waals surface area contributed by atoms with Gasteiger partial charge < -0.3 is 9.80 Å². The van der Waals surface area contributed by atoms with E-state index < -0.39 is 0 Å². The molecular formula is C13H15N5. The Balaban J connectivity index is 2.16. The molecule has 5 nitrogen and oxygen atoms in total. The molecule has 0 aromatic carbocycles. The molecule has 5 heteroatoms. The Morgan fingerprint density at radius 3 is 2.67 bits per heavy atom. The van der Waals surface area contributed by atoms with E-state index in [0.717, 1.165) is 22.8 Å². The lowest BCUT2D eigenvalue weighted by molar-refractivity contribution is 0.729. The monoisotopic (exact) mass is 241 g/mol. The van der Waals surface area contributed by atoms with Crippen molar-refractivity contribution in [3.05, 3.63) is 36.7 Å². The molecule has 18 heavy (non-hydrogen) atoms. The highest BCUT2D eigenvalue weighted by atomic mass is 15.4. The molecule has 92 valence electrons. The van der Waals surface area contributed by atoms with Gasteiger partial charge in [0.15, 0.2) is 0 Å². The predicted octanol–water partition coefficient (Wildman–Crippen LogP) is 2.11. The number of aromatic nitrogens is 3. The molecule has 1 aliphatic heterocycles. The fourth-order valence-electron chi connectivity index (χ4n) is 2.38. The second kappa shape index (κ2) is 3.94. The number of nitrogens with zero attached hydrogens (tertiary/aromatic N) is 5. The molecule has 0 amide bonds. The normalized spacial score (nSPS) is 18.1. The molecule has 0 N–H and O–H groups in total. The third kappa shape index (κ3) is 1.44. The highest BCUT2D eigenvalue weighted by Crippen LogP contribution is 2.42. The van der Waals surface area contributed by atoms with Crippen LogP contribution in [0, 0.1) is 6.92 Å². The van der Waals surface area contributed by atoms with Crippen molar-refractivity contribution < 1.29 is 0 Å². The predicted molar refractivity (Wildman–Crippen MR) is 71.0 cm³/mol. The molecule has 1 aliphatic rings. The first-order chi connectivity index (χ1) is 8.70. The van der Waals surface area contributed by atoms with Crippen LogP contribution in [0.5, 0.6) is 0 Å². The first-order valence-corrected chi connectivity index (χ1v) is 5.93. The van der Waals surface area contributed by atoms with Gasteiger partial charge in [0.05, 0.1) is 35.1 Å². The molecular weight excluding hydrogens is 226 g/mol. The molecule has 1 atom stereocenters. The van der Waals surface area contributed by atoms with Crippen molar-refractivity contribution in [1.29, 1.82) is 0 Å². The quantitative estimate of drug-likeness (QED) is 0.765. The summed E-state index contributed by atoms with van der Waals surface area (Å²) >= 11 is 0. The number of aryl methyl sites for hydroxylation is 1. The Kier molecular flexibility index (Phi) is 2.40. The smallest absolute Gasteiger partial charge is 0.115 e. The summed E-state index contributed by atoms with van der Waals surface area (Å²) in [6.45, 7) is 4.16. The van der Waals surface area contributed by atoms with E-state index in [-0.39, 0.29) is 6.17 Å². The van der Waals surface area contributed by atoms with Gasteiger partial charge in [0.25, 0.3) is 0 Å². The van der Waals surface area contributed by atoms with Gasteiger partial charge in [0.2, 0.25) is 0 Å². The molecule has 2 aromatic rings. The molecule has 0 saturated heterocycles. The molecule has 3 rings (SSSR count). The Labute approximate surface area is 106 Å². The van der Waals surface area contributed by atoms with Crippen molar-refractivity contribution in [3.8, 4) is 0 Å². The fourth-order valence-corrected chi connectivity index (χ4v) is 2.38. The number of hydrogen-bond acceptors (Lipinski definition) is 5. The lowest BCUT2D eigenvalue weighted by Crippen LogP contribution is -2.36. The topological polar surface area (TPSA) is 45.2 Å². The third-order valence-electron chi connectivity index (χ3n) is 3.50. The summed E-state index contributed by atoms with van der Waals surface area (Å²) in [5.74, 6) is 0. The second-order valence-electron chi connectivity index (χ2n) is 4.47. The van der Waals surface area contributed by atoms with Crippen molar-refractivity contribution in [3.63, 3.8) is 0 Å². The fraction of sp³-hybridized carbons (Fsp3) is 0.308. The molecule has 0 saturated carbocycles. The van der Waals surface area contributed by atoms with E-state index >= 15 is 0 Å². The Hall–Kier alpha value is -2.17. The zero-order valence-electron chi connectivity index (χ0n) is 10.7. The molecule has 2 aromatic heterocycles. The Morgan fingerprint density at radius 1 is 1.11 bits per heavy atom. The van der Waals surface area contributed by atoms with Gasteiger partial charge in [-0.2, -0.15) is 0 Å². The lowest BCUT2D eigenvalue weighted by Gasteiger charge is -2.27. The van der Waals surface area contributed by atoms with E-state index in [9.17, 15) is 0 Å². The maximum atomic E-state index is 4.27. The number of rotatable bonds is 1. The molecule has 0 radical (unpaired) electrons. The highest BCUT2D eigenvalue weighted by molar-refractivity contribution is 5.82. The first kappa shape index (κ1) is 11.0. The van der Waals surface area contributed by atoms with Crippen molar-refractivity contribution in [1.82, 2.24) is 15.0 Å². The lowest BCUT2D eigenvalue weighted by atomic mass is 10.2. The number of fused-ring (bicyclic) bond motifs is 1. The van der Waals surface area contributed by atoms with Crippen LogP contribution in [0.4, 0.5) is 17.1 Å². The molecule has 0 fully saturated rings. The van der Waals surface area contributed by atoms with Crippen LogP contribution < -0.4 is 9.80 Å². The average molecular weight is 241 g/mol. The van der Waals surface area contributed by atoms with Crippen LogP contribution in [0.3, 0.4) is 0 Å². The van der Waals surface area contributed by atoms with Gasteiger partial charge in [-0.25, -0.2) is 9.97 Å². The summed E-state index contributed by atoms with van der Waals surface area (Å²) in [7, 11) is 2.07. The summed E-state index contributed by atoms with van der Waals surface area (Å²) in [5, 5.41) is 0. The van der Waals surface area contributed by atoms with Crippen LogP contribution in [0.2, 0.25) is 0 Å². The van der Waals surface area contributed by atoms with E-state index in [2.05, 4.69) is 38.7 Å². The summed E-state index contributed by atoms with van der Waals surface area (Å²) in [6.07, 6.45) is 7.38. The van der Waals surface area contributed by atoms with Crippen molar-refractivity contribution in [2.75, 3.05) is 16.8 Å². The van der Waals surface area contributed by atoms with E-state index in [4.69, 9.17) is 0 Å². The Bertz CT molecular complexity index is 583. The summed E-state index contributed by atoms with van der Waals surface area (Å²) in [6, 6.07) is 2.03. The molecule has 0 aliphatic carbocycles. The average Bonchev–Trinajstić information content (AvgIpc) is 2.64. The largest absolute Gasteiger partial charge is 0.351 e. The van der Waals surface area contributed by atoms with E-state index in [1.807, 2.05) is 31.6 Å². The van der Waals surface area contributed by atoms with Gasteiger partial charge in [-0.15, -0.1) is 0 Å². The minimum absolute atomic E-state index is 0.230. The maximum Gasteiger partial charge on any atom is 0.115 e. The van der Waals surface area contributed by atoms with Crippen LogP contribution in [0.1, 0.15) is 12.6 Å². The maximum absolute atomic E-state index is 4.27. The second-order valence-corrected chi connectivity index (χ2v) is 4.47. The van der Waals surface area contributed by atoms with Gasteiger partial charge in [0.1, 0.15) is 12.5 Å². The van der Waals surface area contributed by atoms with Gasteiger partial charge in [0, 0.05) is 13.2 Å². The molecule has 0 bridgehead atoms. The van der Waals surface area contributed by atoms with Crippen LogP contribution >= 0.6 is 0 Å². The van der Waals surface area contributed by atoms with Crippen LogP contribution in [-0.2, 0) is 0 Å². The van der Waals surface area contributed by atoms with Crippen LogP contribution in [0.25, 0.3) is 0 Å². The van der Waals surface area contributed by atoms with Gasteiger partial charge in [-0.3, -0.25) is 4.98 Å². The van der Waals surface area contributed by atoms with Crippen molar-refractivity contribution in [2.45, 2.75) is 20.0 Å².